The van der Waals surface area contributed by atoms with Gasteiger partial charge in [-0.2, -0.15) is 0 Å². The highest BCUT2D eigenvalue weighted by Gasteiger charge is 2.07. The number of nitrogens with one attached hydrogen (secondary N) is 1. The van der Waals surface area contributed by atoms with E-state index in [1.165, 1.54) is 4.88 Å². The predicted octanol–water partition coefficient (Wildman–Crippen LogP) is 2.50. The number of ether oxygens (including phenoxy) is 1. The number of carbonyl (C=O) groups is 1. The van der Waals surface area contributed by atoms with Crippen molar-refractivity contribution in [2.45, 2.75) is 13.1 Å². The normalized spacial score (nSPS) is 10.6. The minimum absolute atomic E-state index is 0.0323. The maximum Gasteiger partial charge on any atom is 0.234 e. The fraction of sp³-hybridized carbons (Fsp3) is 0.312. The Hall–Kier alpha value is -1.85. The summed E-state index contributed by atoms with van der Waals surface area (Å²) in [6.45, 7) is 1.73. The Labute approximate surface area is 129 Å². The van der Waals surface area contributed by atoms with Gasteiger partial charge >= 0.3 is 0 Å². The van der Waals surface area contributed by atoms with Crippen molar-refractivity contribution in [1.29, 1.82) is 0 Å². The predicted molar refractivity (Wildman–Crippen MR) is 85.5 cm³/mol. The second kappa shape index (κ2) is 7.81. The molecule has 0 atom stereocenters. The van der Waals surface area contributed by atoms with Gasteiger partial charge in [-0.3, -0.25) is 9.69 Å². The fourth-order valence-corrected chi connectivity index (χ4v) is 2.75. The van der Waals surface area contributed by atoms with E-state index in [9.17, 15) is 4.79 Å². The van der Waals surface area contributed by atoms with Crippen molar-refractivity contribution in [2.75, 3.05) is 20.7 Å². The molecule has 0 radical (unpaired) electrons. The number of hydrogen-bond donors (Lipinski definition) is 1. The minimum atomic E-state index is 0.0323. The highest BCUT2D eigenvalue weighted by Crippen LogP contribution is 2.11. The first-order valence-electron chi connectivity index (χ1n) is 6.78. The van der Waals surface area contributed by atoms with Gasteiger partial charge in [-0.15, -0.1) is 11.3 Å². The van der Waals surface area contributed by atoms with Crippen LogP contribution in [-0.4, -0.2) is 31.5 Å². The zero-order valence-electron chi connectivity index (χ0n) is 12.3. The lowest BCUT2D eigenvalue weighted by molar-refractivity contribution is -0.122. The number of carbonyl (C=O) groups excluding carboxylic acids is 1. The molecular formula is C16H20N2O2S. The van der Waals surface area contributed by atoms with Crippen LogP contribution in [0.2, 0.25) is 0 Å². The third-order valence-corrected chi connectivity index (χ3v) is 3.93. The molecule has 0 aliphatic rings. The lowest BCUT2D eigenvalue weighted by Crippen LogP contribution is -2.34. The zero-order chi connectivity index (χ0) is 15.1. The maximum atomic E-state index is 11.9. The number of likely N-dealkylation sites (N-methyl/N-ethyl adjacent to an activating group) is 1. The number of thiophene rings is 1. The van der Waals surface area contributed by atoms with E-state index in [1.54, 1.807) is 18.4 Å². The monoisotopic (exact) mass is 304 g/mol. The Morgan fingerprint density at radius 2 is 2.05 bits per heavy atom. The van der Waals surface area contributed by atoms with Crippen LogP contribution in [0.3, 0.4) is 0 Å². The van der Waals surface area contributed by atoms with Crippen LogP contribution in [0.5, 0.6) is 5.75 Å². The van der Waals surface area contributed by atoms with E-state index in [0.717, 1.165) is 17.9 Å². The number of amides is 1. The number of methoxy groups -OCH3 is 1. The summed E-state index contributed by atoms with van der Waals surface area (Å²) in [6, 6.07) is 11.8. The molecule has 1 heterocycles. The molecule has 0 fully saturated rings. The molecular weight excluding hydrogens is 284 g/mol. The largest absolute Gasteiger partial charge is 0.497 e. The van der Waals surface area contributed by atoms with Crippen molar-refractivity contribution >= 4 is 17.2 Å². The fourth-order valence-electron chi connectivity index (χ4n) is 1.97. The van der Waals surface area contributed by atoms with Crippen LogP contribution in [0.1, 0.15) is 10.4 Å². The molecule has 0 aliphatic heterocycles. The summed E-state index contributed by atoms with van der Waals surface area (Å²) in [4.78, 5) is 15.2. The molecule has 2 aromatic rings. The highest BCUT2D eigenvalue weighted by molar-refractivity contribution is 7.09. The van der Waals surface area contributed by atoms with Gasteiger partial charge in [-0.25, -0.2) is 0 Å². The third-order valence-electron chi connectivity index (χ3n) is 3.07. The first kappa shape index (κ1) is 15.5. The Morgan fingerprint density at radius 1 is 1.29 bits per heavy atom. The van der Waals surface area contributed by atoms with E-state index in [0.29, 0.717) is 13.1 Å². The van der Waals surface area contributed by atoms with Crippen LogP contribution in [0.4, 0.5) is 0 Å². The molecule has 0 bridgehead atoms. The summed E-state index contributed by atoms with van der Waals surface area (Å²) in [7, 11) is 3.59. The first-order valence-corrected chi connectivity index (χ1v) is 7.66. The summed E-state index contributed by atoms with van der Waals surface area (Å²) >= 11 is 1.71. The standard InChI is InChI=1S/C16H20N2O2S/c1-18(11-15-4-3-9-21-15)12-16(19)17-10-13-5-7-14(20-2)8-6-13/h3-9H,10-12H2,1-2H3,(H,17,19). The molecule has 2 rings (SSSR count). The average molecular weight is 304 g/mol. The average Bonchev–Trinajstić information content (AvgIpc) is 2.98. The molecule has 0 saturated heterocycles. The van der Waals surface area contributed by atoms with Gasteiger partial charge in [-0.05, 0) is 36.2 Å². The third kappa shape index (κ3) is 5.21. The van der Waals surface area contributed by atoms with E-state index in [4.69, 9.17) is 4.74 Å². The van der Waals surface area contributed by atoms with Crippen LogP contribution in [0.25, 0.3) is 0 Å². The highest BCUT2D eigenvalue weighted by atomic mass is 32.1. The smallest absolute Gasteiger partial charge is 0.234 e. The molecule has 5 heteroatoms. The van der Waals surface area contributed by atoms with E-state index < -0.39 is 0 Å². The molecule has 0 spiro atoms. The second-order valence-electron chi connectivity index (χ2n) is 4.88. The first-order chi connectivity index (χ1) is 10.2. The summed E-state index contributed by atoms with van der Waals surface area (Å²) in [5.74, 6) is 0.852. The summed E-state index contributed by atoms with van der Waals surface area (Å²) in [5, 5.41) is 4.98. The summed E-state index contributed by atoms with van der Waals surface area (Å²) in [5.41, 5.74) is 1.06. The van der Waals surface area contributed by atoms with Gasteiger partial charge in [0.2, 0.25) is 5.91 Å². The van der Waals surface area contributed by atoms with E-state index >= 15 is 0 Å². The van der Waals surface area contributed by atoms with Crippen molar-refractivity contribution in [3.63, 3.8) is 0 Å². The van der Waals surface area contributed by atoms with Crippen molar-refractivity contribution < 1.29 is 9.53 Å². The van der Waals surface area contributed by atoms with Crippen LogP contribution in [-0.2, 0) is 17.9 Å². The van der Waals surface area contributed by atoms with Gasteiger partial charge in [0, 0.05) is 18.0 Å². The van der Waals surface area contributed by atoms with Gasteiger partial charge < -0.3 is 10.1 Å². The molecule has 1 amide bonds. The number of nitrogens with zero attached hydrogens (tertiary/aromatic N) is 1. The van der Waals surface area contributed by atoms with Gasteiger partial charge in [0.05, 0.1) is 13.7 Å². The number of hydrogen-bond acceptors (Lipinski definition) is 4. The van der Waals surface area contributed by atoms with Crippen molar-refractivity contribution in [2.24, 2.45) is 0 Å². The van der Waals surface area contributed by atoms with Crippen molar-refractivity contribution in [3.05, 3.63) is 52.2 Å². The van der Waals surface area contributed by atoms with Crippen LogP contribution >= 0.6 is 11.3 Å². The van der Waals surface area contributed by atoms with Gasteiger partial charge in [0.25, 0.3) is 0 Å². The Bertz CT molecular complexity index is 552. The number of rotatable bonds is 7. The summed E-state index contributed by atoms with van der Waals surface area (Å²) < 4.78 is 5.10. The minimum Gasteiger partial charge on any atom is -0.497 e. The molecule has 0 aliphatic carbocycles. The quantitative estimate of drug-likeness (QED) is 0.854. The van der Waals surface area contributed by atoms with E-state index in [1.807, 2.05) is 47.7 Å². The second-order valence-corrected chi connectivity index (χ2v) is 5.91. The Kier molecular flexibility index (Phi) is 5.78. The topological polar surface area (TPSA) is 41.6 Å². The molecule has 4 nitrogen and oxygen atoms in total. The number of benzene rings is 1. The molecule has 21 heavy (non-hydrogen) atoms. The lowest BCUT2D eigenvalue weighted by atomic mass is 10.2. The molecule has 0 unspecified atom stereocenters. The Balaban J connectivity index is 1.73. The van der Waals surface area contributed by atoms with Gasteiger partial charge in [0.15, 0.2) is 0 Å². The van der Waals surface area contributed by atoms with Crippen LogP contribution in [0, 0.1) is 0 Å². The lowest BCUT2D eigenvalue weighted by Gasteiger charge is -2.15. The van der Waals surface area contributed by atoms with Crippen molar-refractivity contribution in [3.8, 4) is 5.75 Å². The molecule has 1 aromatic carbocycles. The van der Waals surface area contributed by atoms with Crippen LogP contribution in [0.15, 0.2) is 41.8 Å². The molecule has 112 valence electrons. The van der Waals surface area contributed by atoms with Crippen molar-refractivity contribution in [1.82, 2.24) is 10.2 Å². The Morgan fingerprint density at radius 3 is 2.67 bits per heavy atom. The molecule has 1 N–H and O–H groups in total. The molecule has 0 saturated carbocycles. The maximum absolute atomic E-state index is 11.9. The van der Waals surface area contributed by atoms with Gasteiger partial charge in [0.1, 0.15) is 5.75 Å². The summed E-state index contributed by atoms with van der Waals surface area (Å²) in [6.07, 6.45) is 0. The van der Waals surface area contributed by atoms with E-state index in [-0.39, 0.29) is 5.91 Å². The van der Waals surface area contributed by atoms with E-state index in [2.05, 4.69) is 11.4 Å². The SMILES string of the molecule is COc1ccc(CNC(=O)CN(C)Cc2cccs2)cc1. The van der Waals surface area contributed by atoms with Crippen LogP contribution < -0.4 is 10.1 Å². The molecule has 1 aromatic heterocycles. The zero-order valence-corrected chi connectivity index (χ0v) is 13.2. The van der Waals surface area contributed by atoms with Gasteiger partial charge in [-0.1, -0.05) is 18.2 Å².